The number of sulfonamides is 1. The molecule has 6 nitrogen and oxygen atoms in total. The molecule has 32 heavy (non-hydrogen) atoms. The highest BCUT2D eigenvalue weighted by Crippen LogP contribution is 2.29. The molecule has 0 amide bonds. The van der Waals surface area contributed by atoms with Gasteiger partial charge >= 0.3 is 5.97 Å². The molecule has 1 fully saturated rings. The van der Waals surface area contributed by atoms with Gasteiger partial charge in [0.25, 0.3) is 0 Å². The van der Waals surface area contributed by atoms with Crippen molar-refractivity contribution in [2.45, 2.75) is 38.5 Å². The summed E-state index contributed by atoms with van der Waals surface area (Å²) >= 11 is 0. The van der Waals surface area contributed by atoms with Crippen LogP contribution in [-0.2, 0) is 19.6 Å². The molecule has 0 unspecified atom stereocenters. The van der Waals surface area contributed by atoms with E-state index in [9.17, 15) is 26.8 Å². The number of hydrogen-bond acceptors (Lipinski definition) is 5. The molecule has 9 heteroatoms. The van der Waals surface area contributed by atoms with Crippen molar-refractivity contribution in [1.29, 1.82) is 0 Å². The predicted molar refractivity (Wildman–Crippen MR) is 114 cm³/mol. The number of Topliss-reactive ketones (excluding diaryl/α,β-unsaturated/α-hetero) is 1. The van der Waals surface area contributed by atoms with E-state index < -0.39 is 45.9 Å². The van der Waals surface area contributed by atoms with Crippen molar-refractivity contribution < 1.29 is 31.5 Å². The summed E-state index contributed by atoms with van der Waals surface area (Å²) in [5, 5.41) is 0. The third kappa shape index (κ3) is 5.05. The summed E-state index contributed by atoms with van der Waals surface area (Å²) < 4.78 is 59.3. The fourth-order valence-corrected chi connectivity index (χ4v) is 5.96. The van der Waals surface area contributed by atoms with Crippen molar-refractivity contribution in [3.63, 3.8) is 0 Å². The first-order chi connectivity index (χ1) is 15.0. The molecule has 1 aliphatic rings. The summed E-state index contributed by atoms with van der Waals surface area (Å²) in [6.45, 7) is 5.06. The molecule has 0 saturated carbocycles. The van der Waals surface area contributed by atoms with Gasteiger partial charge in [0, 0.05) is 19.2 Å². The molecule has 0 N–H and O–H groups in total. The van der Waals surface area contributed by atoms with Crippen LogP contribution in [0.5, 0.6) is 0 Å². The molecule has 3 rings (SSSR count). The van der Waals surface area contributed by atoms with Crippen molar-refractivity contribution in [1.82, 2.24) is 4.31 Å². The third-order valence-corrected chi connectivity index (χ3v) is 7.77. The van der Waals surface area contributed by atoms with Gasteiger partial charge in [-0.25, -0.2) is 17.2 Å². The first-order valence-electron chi connectivity index (χ1n) is 10.2. The minimum atomic E-state index is -3.70. The third-order valence-electron chi connectivity index (χ3n) is 5.57. The Bertz CT molecular complexity index is 1130. The number of esters is 1. The minimum Gasteiger partial charge on any atom is -0.457 e. The SMILES string of the molecule is Cc1cc(C)c(S(=O)(=O)N2CCC(C(=O)OCC(=O)c3ccc(F)cc3F)CC2)c(C)c1. The Kier molecular flexibility index (Phi) is 7.09. The Morgan fingerprint density at radius 1 is 1.03 bits per heavy atom. The van der Waals surface area contributed by atoms with Gasteiger partial charge in [-0.3, -0.25) is 9.59 Å². The van der Waals surface area contributed by atoms with Crippen molar-refractivity contribution in [3.05, 3.63) is 64.2 Å². The molecule has 172 valence electrons. The lowest BCUT2D eigenvalue weighted by Crippen LogP contribution is -2.41. The van der Waals surface area contributed by atoms with E-state index in [1.165, 1.54) is 4.31 Å². The van der Waals surface area contributed by atoms with Gasteiger partial charge in [-0.05, 0) is 56.9 Å². The summed E-state index contributed by atoms with van der Waals surface area (Å²) in [6, 6.07) is 6.18. The molecular formula is C23H25F2NO5S. The van der Waals surface area contributed by atoms with E-state index in [2.05, 4.69) is 0 Å². The average Bonchev–Trinajstić information content (AvgIpc) is 2.71. The van der Waals surface area contributed by atoms with Gasteiger partial charge in [-0.15, -0.1) is 0 Å². The highest BCUT2D eigenvalue weighted by molar-refractivity contribution is 7.89. The number of piperidine rings is 1. The fraction of sp³-hybridized carbons (Fsp3) is 0.391. The zero-order valence-corrected chi connectivity index (χ0v) is 19.0. The number of ketones is 1. The molecule has 1 heterocycles. The standard InChI is InChI=1S/C23H25F2NO5S/c1-14-10-15(2)22(16(3)11-14)32(29,30)26-8-6-17(7-9-26)23(28)31-13-21(27)19-5-4-18(24)12-20(19)25/h4-5,10-12,17H,6-9,13H2,1-3H3. The van der Waals surface area contributed by atoms with Crippen molar-refractivity contribution in [3.8, 4) is 0 Å². The maximum absolute atomic E-state index is 13.7. The molecule has 0 atom stereocenters. The number of hydrogen-bond donors (Lipinski definition) is 0. The van der Waals surface area contributed by atoms with Crippen molar-refractivity contribution >= 4 is 21.8 Å². The molecule has 2 aromatic rings. The first-order valence-corrected chi connectivity index (χ1v) is 11.7. The minimum absolute atomic E-state index is 0.148. The van der Waals surface area contributed by atoms with Crippen LogP contribution in [0.3, 0.4) is 0 Å². The lowest BCUT2D eigenvalue weighted by atomic mass is 9.98. The fourth-order valence-electron chi connectivity index (χ4n) is 4.08. The summed E-state index contributed by atoms with van der Waals surface area (Å²) in [6.07, 6.45) is 0.502. The lowest BCUT2D eigenvalue weighted by Gasteiger charge is -2.31. The number of rotatable bonds is 6. The maximum atomic E-state index is 13.7. The van der Waals surface area contributed by atoms with Gasteiger partial charge in [0.1, 0.15) is 11.6 Å². The van der Waals surface area contributed by atoms with Crippen LogP contribution in [0.25, 0.3) is 0 Å². The Morgan fingerprint density at radius 3 is 2.19 bits per heavy atom. The van der Waals surface area contributed by atoms with E-state index in [-0.39, 0.29) is 36.4 Å². The van der Waals surface area contributed by atoms with Gasteiger partial charge in [-0.2, -0.15) is 4.31 Å². The van der Waals surface area contributed by atoms with E-state index in [1.54, 1.807) is 13.8 Å². The number of nitrogens with zero attached hydrogens (tertiary/aromatic N) is 1. The molecule has 0 spiro atoms. The van der Waals surface area contributed by atoms with Crippen LogP contribution in [0.2, 0.25) is 0 Å². The molecule has 0 aliphatic carbocycles. The Hall–Kier alpha value is -2.65. The predicted octanol–water partition coefficient (Wildman–Crippen LogP) is 3.72. The molecule has 2 aromatic carbocycles. The average molecular weight is 466 g/mol. The number of carbonyl (C=O) groups excluding carboxylic acids is 2. The van der Waals surface area contributed by atoms with Crippen LogP contribution in [0.15, 0.2) is 35.2 Å². The summed E-state index contributed by atoms with van der Waals surface area (Å²) in [7, 11) is -3.70. The second-order valence-electron chi connectivity index (χ2n) is 8.06. The number of benzene rings is 2. The molecule has 0 aromatic heterocycles. The van der Waals surface area contributed by atoms with Crippen LogP contribution in [-0.4, -0.2) is 44.2 Å². The van der Waals surface area contributed by atoms with Gasteiger partial charge < -0.3 is 4.74 Å². The number of ether oxygens (including phenoxy) is 1. The zero-order valence-electron chi connectivity index (χ0n) is 18.2. The maximum Gasteiger partial charge on any atom is 0.309 e. The van der Waals surface area contributed by atoms with E-state index in [0.29, 0.717) is 17.2 Å². The molecule has 1 saturated heterocycles. The Labute approximate surface area is 186 Å². The van der Waals surface area contributed by atoms with Gasteiger partial charge in [0.2, 0.25) is 15.8 Å². The van der Waals surface area contributed by atoms with Crippen LogP contribution in [0, 0.1) is 38.3 Å². The van der Waals surface area contributed by atoms with E-state index in [4.69, 9.17) is 4.74 Å². The smallest absolute Gasteiger partial charge is 0.309 e. The summed E-state index contributed by atoms with van der Waals surface area (Å²) in [4.78, 5) is 24.7. The molecule has 1 aliphatic heterocycles. The van der Waals surface area contributed by atoms with E-state index in [0.717, 1.165) is 17.7 Å². The second-order valence-corrected chi connectivity index (χ2v) is 9.94. The van der Waals surface area contributed by atoms with Crippen molar-refractivity contribution in [2.75, 3.05) is 19.7 Å². The van der Waals surface area contributed by atoms with E-state index >= 15 is 0 Å². The van der Waals surface area contributed by atoms with Crippen molar-refractivity contribution in [2.24, 2.45) is 5.92 Å². The normalized spacial score (nSPS) is 15.5. The lowest BCUT2D eigenvalue weighted by molar-refractivity contribution is -0.148. The largest absolute Gasteiger partial charge is 0.457 e. The van der Waals surface area contributed by atoms with Gasteiger partial charge in [-0.1, -0.05) is 17.7 Å². The highest BCUT2D eigenvalue weighted by Gasteiger charge is 2.34. The monoisotopic (exact) mass is 465 g/mol. The highest BCUT2D eigenvalue weighted by atomic mass is 32.2. The molecule has 0 radical (unpaired) electrons. The molecule has 0 bridgehead atoms. The summed E-state index contributed by atoms with van der Waals surface area (Å²) in [5.41, 5.74) is 1.98. The number of aryl methyl sites for hydroxylation is 3. The summed E-state index contributed by atoms with van der Waals surface area (Å²) in [5.74, 6) is -3.81. The van der Waals surface area contributed by atoms with Crippen LogP contribution < -0.4 is 0 Å². The topological polar surface area (TPSA) is 80.8 Å². The Morgan fingerprint density at radius 2 is 1.62 bits per heavy atom. The van der Waals surface area contributed by atoms with Gasteiger partial charge in [0.15, 0.2) is 6.61 Å². The zero-order chi connectivity index (χ0) is 23.6. The molecular weight excluding hydrogens is 440 g/mol. The number of halogens is 2. The van der Waals surface area contributed by atoms with E-state index in [1.807, 2.05) is 19.1 Å². The van der Waals surface area contributed by atoms with Crippen LogP contribution in [0.1, 0.15) is 39.9 Å². The van der Waals surface area contributed by atoms with Crippen LogP contribution in [0.4, 0.5) is 8.78 Å². The number of carbonyl (C=O) groups is 2. The van der Waals surface area contributed by atoms with Crippen LogP contribution >= 0.6 is 0 Å². The first kappa shape index (κ1) is 24.0. The second kappa shape index (κ2) is 9.46. The quantitative estimate of drug-likeness (QED) is 0.480. The Balaban J connectivity index is 1.59. The van der Waals surface area contributed by atoms with Gasteiger partial charge in [0.05, 0.1) is 16.4 Å².